The van der Waals surface area contributed by atoms with E-state index in [9.17, 15) is 22.4 Å². The van der Waals surface area contributed by atoms with E-state index < -0.39 is 17.6 Å². The number of hydrogen-bond donors (Lipinski definition) is 0. The highest BCUT2D eigenvalue weighted by Crippen LogP contribution is 2.30. The van der Waals surface area contributed by atoms with Crippen LogP contribution in [-0.4, -0.2) is 42.2 Å². The number of thioether (sulfide) groups is 1. The van der Waals surface area contributed by atoms with E-state index in [1.54, 1.807) is 11.8 Å². The molecule has 0 bridgehead atoms. The molecule has 0 aliphatic carbocycles. The molecule has 1 aromatic rings. The zero-order valence-corrected chi connectivity index (χ0v) is 13.1. The van der Waals surface area contributed by atoms with Crippen molar-refractivity contribution in [2.45, 2.75) is 11.4 Å². The minimum Gasteiger partial charge on any atom is -0.360 e. The number of amides is 1. The fraction of sp³-hybridized carbons (Fsp3) is 0.400. The second-order valence-electron chi connectivity index (χ2n) is 4.99. The lowest BCUT2D eigenvalue weighted by Gasteiger charge is -2.31. The third kappa shape index (κ3) is 4.71. The highest BCUT2D eigenvalue weighted by molar-refractivity contribution is 7.99. The topological polar surface area (TPSA) is 29.5 Å². The van der Waals surface area contributed by atoms with Gasteiger partial charge in [0, 0.05) is 23.4 Å². The van der Waals surface area contributed by atoms with Crippen LogP contribution in [0.2, 0.25) is 0 Å². The zero-order chi connectivity index (χ0) is 17.0. The van der Waals surface area contributed by atoms with Crippen molar-refractivity contribution in [3.05, 3.63) is 41.2 Å². The van der Waals surface area contributed by atoms with Crippen LogP contribution < -0.4 is 0 Å². The molecule has 0 N–H and O–H groups in total. The van der Waals surface area contributed by atoms with Gasteiger partial charge in [-0.15, -0.1) is 0 Å². The summed E-state index contributed by atoms with van der Waals surface area (Å²) in [6.45, 7) is 1.22. The highest BCUT2D eigenvalue weighted by atomic mass is 32.2. The van der Waals surface area contributed by atoms with E-state index in [1.807, 2.05) is 6.26 Å². The summed E-state index contributed by atoms with van der Waals surface area (Å²) < 4.78 is 56.4. The summed E-state index contributed by atoms with van der Waals surface area (Å²) in [5.74, 6) is -1.40. The fourth-order valence-corrected chi connectivity index (χ4v) is 2.61. The molecular formula is C15H15F4NO2S. The van der Waals surface area contributed by atoms with Crippen LogP contribution in [0.5, 0.6) is 0 Å². The highest BCUT2D eigenvalue weighted by Gasteiger charge is 2.31. The van der Waals surface area contributed by atoms with E-state index in [2.05, 4.69) is 0 Å². The van der Waals surface area contributed by atoms with Gasteiger partial charge in [0.2, 0.25) is 5.91 Å². The Kier molecular flexibility index (Phi) is 5.69. The number of benzene rings is 1. The molecule has 1 aromatic carbocycles. The van der Waals surface area contributed by atoms with Gasteiger partial charge in [0.25, 0.3) is 0 Å². The van der Waals surface area contributed by atoms with Crippen molar-refractivity contribution in [1.82, 2.24) is 4.90 Å². The monoisotopic (exact) mass is 349 g/mol. The van der Waals surface area contributed by atoms with Crippen LogP contribution in [0.25, 0.3) is 6.08 Å². The van der Waals surface area contributed by atoms with Gasteiger partial charge < -0.3 is 9.64 Å². The smallest absolute Gasteiger partial charge is 0.360 e. The first kappa shape index (κ1) is 17.8. The number of halogens is 4. The lowest BCUT2D eigenvalue weighted by atomic mass is 10.1. The van der Waals surface area contributed by atoms with E-state index in [4.69, 9.17) is 4.74 Å². The van der Waals surface area contributed by atoms with Crippen molar-refractivity contribution in [2.75, 3.05) is 26.1 Å². The Morgan fingerprint density at radius 1 is 1.43 bits per heavy atom. The maximum absolute atomic E-state index is 13.7. The van der Waals surface area contributed by atoms with Crippen LogP contribution in [0.1, 0.15) is 11.1 Å². The predicted octanol–water partition coefficient (Wildman–Crippen LogP) is 3.41. The lowest BCUT2D eigenvalue weighted by molar-refractivity contribution is -0.138. The number of nitrogens with zero attached hydrogens (tertiary/aromatic N) is 1. The SMILES string of the molecule is CSC1COCN(C(=O)C=Cc2ccc(C(F)(F)F)cc2F)C1. The summed E-state index contributed by atoms with van der Waals surface area (Å²) in [5.41, 5.74) is -1.14. The maximum atomic E-state index is 13.7. The van der Waals surface area contributed by atoms with Gasteiger partial charge in [-0.1, -0.05) is 6.07 Å². The van der Waals surface area contributed by atoms with Gasteiger partial charge in [-0.25, -0.2) is 4.39 Å². The number of ether oxygens (including phenoxy) is 1. The molecule has 8 heteroatoms. The van der Waals surface area contributed by atoms with Crippen molar-refractivity contribution >= 4 is 23.7 Å². The fourth-order valence-electron chi connectivity index (χ4n) is 2.05. The minimum atomic E-state index is -4.60. The first-order valence-corrected chi connectivity index (χ1v) is 8.04. The summed E-state index contributed by atoms with van der Waals surface area (Å²) in [6.07, 6.45) is -0.384. The predicted molar refractivity (Wildman–Crippen MR) is 80.3 cm³/mol. The number of carbonyl (C=O) groups is 1. The van der Waals surface area contributed by atoms with Crippen LogP contribution in [0.4, 0.5) is 17.6 Å². The van der Waals surface area contributed by atoms with Crippen LogP contribution in [0.3, 0.4) is 0 Å². The Morgan fingerprint density at radius 2 is 2.17 bits per heavy atom. The number of hydrogen-bond acceptors (Lipinski definition) is 3. The first-order chi connectivity index (χ1) is 10.8. The molecule has 1 heterocycles. The normalized spacial score (nSPS) is 19.3. The number of rotatable bonds is 3. The summed E-state index contributed by atoms with van der Waals surface area (Å²) >= 11 is 1.58. The molecule has 1 unspecified atom stereocenters. The Labute approximate surface area is 135 Å². The lowest BCUT2D eigenvalue weighted by Crippen LogP contribution is -2.43. The third-order valence-corrected chi connectivity index (χ3v) is 4.30. The Balaban J connectivity index is 2.06. The van der Waals surface area contributed by atoms with Crippen molar-refractivity contribution in [3.8, 4) is 0 Å². The largest absolute Gasteiger partial charge is 0.416 e. The molecule has 126 valence electrons. The Morgan fingerprint density at radius 3 is 2.78 bits per heavy atom. The van der Waals surface area contributed by atoms with Crippen LogP contribution in [0.15, 0.2) is 24.3 Å². The standard InChI is InChI=1S/C15H15F4NO2S/c1-23-12-7-20(9-22-8-12)14(21)5-3-10-2-4-11(6-13(10)16)15(17,18)19/h2-6,12H,7-9H2,1H3. The van der Waals surface area contributed by atoms with Gasteiger partial charge >= 0.3 is 6.18 Å². The molecule has 1 amide bonds. The number of carbonyl (C=O) groups excluding carboxylic acids is 1. The molecular weight excluding hydrogens is 334 g/mol. The summed E-state index contributed by atoms with van der Waals surface area (Å²) in [4.78, 5) is 13.5. The average molecular weight is 349 g/mol. The molecule has 23 heavy (non-hydrogen) atoms. The molecule has 0 radical (unpaired) electrons. The summed E-state index contributed by atoms with van der Waals surface area (Å²) in [5, 5.41) is 0.170. The molecule has 1 aliphatic rings. The average Bonchev–Trinajstić information content (AvgIpc) is 2.52. The van der Waals surface area contributed by atoms with E-state index in [-0.39, 0.29) is 23.5 Å². The van der Waals surface area contributed by atoms with E-state index in [0.717, 1.165) is 18.2 Å². The first-order valence-electron chi connectivity index (χ1n) is 6.75. The van der Waals surface area contributed by atoms with Crippen LogP contribution in [0, 0.1) is 5.82 Å². The van der Waals surface area contributed by atoms with E-state index in [1.165, 1.54) is 11.0 Å². The molecule has 1 saturated heterocycles. The van der Waals surface area contributed by atoms with Gasteiger partial charge in [0.05, 0.1) is 12.2 Å². The van der Waals surface area contributed by atoms with Gasteiger partial charge in [0.15, 0.2) is 0 Å². The molecule has 3 nitrogen and oxygen atoms in total. The van der Waals surface area contributed by atoms with Crippen molar-refractivity contribution < 1.29 is 27.1 Å². The van der Waals surface area contributed by atoms with Crippen LogP contribution >= 0.6 is 11.8 Å². The van der Waals surface area contributed by atoms with Crippen molar-refractivity contribution in [1.29, 1.82) is 0 Å². The maximum Gasteiger partial charge on any atom is 0.416 e. The Bertz CT molecular complexity index is 604. The molecule has 1 fully saturated rings. The van der Waals surface area contributed by atoms with Gasteiger partial charge in [-0.3, -0.25) is 4.79 Å². The molecule has 0 spiro atoms. The molecule has 0 saturated carbocycles. The number of alkyl halides is 3. The van der Waals surface area contributed by atoms with Crippen LogP contribution in [-0.2, 0) is 15.7 Å². The van der Waals surface area contributed by atoms with Crippen molar-refractivity contribution in [3.63, 3.8) is 0 Å². The zero-order valence-electron chi connectivity index (χ0n) is 12.3. The summed E-state index contributed by atoms with van der Waals surface area (Å²) in [7, 11) is 0. The van der Waals surface area contributed by atoms with Gasteiger partial charge in [-0.2, -0.15) is 24.9 Å². The van der Waals surface area contributed by atoms with Gasteiger partial charge in [-0.05, 0) is 24.5 Å². The second kappa shape index (κ2) is 7.35. The minimum absolute atomic E-state index is 0.0781. The van der Waals surface area contributed by atoms with E-state index in [0.29, 0.717) is 19.2 Å². The van der Waals surface area contributed by atoms with Gasteiger partial charge in [0.1, 0.15) is 12.5 Å². The molecule has 2 rings (SSSR count). The third-order valence-electron chi connectivity index (χ3n) is 3.35. The Hall–Kier alpha value is -1.54. The molecule has 1 aliphatic heterocycles. The molecule has 0 aromatic heterocycles. The summed E-state index contributed by atoms with van der Waals surface area (Å²) in [6, 6.07) is 2.19. The van der Waals surface area contributed by atoms with Crippen molar-refractivity contribution in [2.24, 2.45) is 0 Å². The second-order valence-corrected chi connectivity index (χ2v) is 6.12. The quantitative estimate of drug-likeness (QED) is 0.619. The van der Waals surface area contributed by atoms with E-state index >= 15 is 0 Å². The molecule has 1 atom stereocenters.